The highest BCUT2D eigenvalue weighted by Gasteiger charge is 2.08. The molecule has 0 saturated heterocycles. The van der Waals surface area contributed by atoms with Gasteiger partial charge in [-0.2, -0.15) is 0 Å². The van der Waals surface area contributed by atoms with E-state index in [1.54, 1.807) is 24.3 Å². The van der Waals surface area contributed by atoms with E-state index in [1.165, 1.54) is 0 Å². The number of hydrogen-bond donors (Lipinski definition) is 0. The second-order valence-corrected chi connectivity index (χ2v) is 6.30. The maximum absolute atomic E-state index is 11.8. The second kappa shape index (κ2) is 19.1. The highest BCUT2D eigenvalue weighted by molar-refractivity contribution is 5.82. The molecule has 8 nitrogen and oxygen atoms in total. The first-order chi connectivity index (χ1) is 14.8. The molecule has 0 spiro atoms. The van der Waals surface area contributed by atoms with Gasteiger partial charge in [-0.05, 0) is 18.6 Å². The van der Waals surface area contributed by atoms with E-state index in [0.29, 0.717) is 64.7 Å². The number of esters is 1. The zero-order valence-corrected chi connectivity index (χ0v) is 17.8. The van der Waals surface area contributed by atoms with Gasteiger partial charge >= 0.3 is 5.97 Å². The van der Waals surface area contributed by atoms with E-state index in [1.807, 2.05) is 0 Å². The number of para-hydroxylation sites is 1. The third-order valence-corrected chi connectivity index (χ3v) is 3.85. The van der Waals surface area contributed by atoms with Crippen LogP contribution in [0.3, 0.4) is 0 Å². The largest absolute Gasteiger partial charge is 0.426 e. The molecule has 170 valence electrons. The van der Waals surface area contributed by atoms with Gasteiger partial charge in [-0.15, -0.1) is 0 Å². The Labute approximate surface area is 178 Å². The predicted octanol–water partition coefficient (Wildman–Crippen LogP) is 2.68. The molecule has 0 aliphatic carbocycles. The molecule has 0 fully saturated rings. The lowest BCUT2D eigenvalue weighted by Crippen LogP contribution is -2.15. The normalized spacial score (nSPS) is 10.8. The topological polar surface area (TPSA) is 89.5 Å². The number of benzene rings is 1. The third kappa shape index (κ3) is 14.2. The lowest BCUT2D eigenvalue weighted by atomic mass is 10.2. The van der Waals surface area contributed by atoms with Crippen LogP contribution in [0.15, 0.2) is 24.3 Å². The van der Waals surface area contributed by atoms with E-state index in [2.05, 4.69) is 6.92 Å². The van der Waals surface area contributed by atoms with Gasteiger partial charge < -0.3 is 28.4 Å². The van der Waals surface area contributed by atoms with Crippen LogP contribution in [0.2, 0.25) is 0 Å². The lowest BCUT2D eigenvalue weighted by molar-refractivity contribution is -0.135. The predicted molar refractivity (Wildman–Crippen MR) is 111 cm³/mol. The number of aldehydes is 1. The van der Waals surface area contributed by atoms with Gasteiger partial charge in [0, 0.05) is 6.61 Å². The van der Waals surface area contributed by atoms with E-state index < -0.39 is 5.97 Å². The van der Waals surface area contributed by atoms with Gasteiger partial charge in [0.1, 0.15) is 5.75 Å². The van der Waals surface area contributed by atoms with Crippen LogP contribution in [0.4, 0.5) is 0 Å². The molecule has 0 aliphatic rings. The van der Waals surface area contributed by atoms with E-state index in [4.69, 9.17) is 28.4 Å². The minimum absolute atomic E-state index is 0.0972. The van der Waals surface area contributed by atoms with Crippen molar-refractivity contribution in [1.82, 2.24) is 0 Å². The van der Waals surface area contributed by atoms with Crippen molar-refractivity contribution in [3.8, 4) is 5.75 Å². The number of carbonyl (C=O) groups excluding carboxylic acids is 2. The minimum Gasteiger partial charge on any atom is -0.426 e. The van der Waals surface area contributed by atoms with Crippen LogP contribution >= 0.6 is 0 Å². The molecule has 8 heteroatoms. The number of carbonyl (C=O) groups is 2. The summed E-state index contributed by atoms with van der Waals surface area (Å²) in [6, 6.07) is 6.57. The lowest BCUT2D eigenvalue weighted by Gasteiger charge is -2.08. The van der Waals surface area contributed by atoms with Crippen LogP contribution < -0.4 is 4.74 Å². The molecule has 0 aromatic heterocycles. The van der Waals surface area contributed by atoms with E-state index in [9.17, 15) is 9.59 Å². The molecule has 0 unspecified atom stereocenters. The summed E-state index contributed by atoms with van der Waals surface area (Å²) in [6.07, 6.45) is 2.96. The Morgan fingerprint density at radius 3 is 1.80 bits per heavy atom. The molecule has 0 radical (unpaired) electrons. The van der Waals surface area contributed by atoms with Crippen molar-refractivity contribution in [2.45, 2.75) is 26.2 Å². The number of unbranched alkanes of at least 4 members (excludes halogenated alkanes) is 1. The van der Waals surface area contributed by atoms with Crippen molar-refractivity contribution in [3.05, 3.63) is 29.8 Å². The Hall–Kier alpha value is -1.84. The Kier molecular flexibility index (Phi) is 16.7. The number of ether oxygens (including phenoxy) is 6. The van der Waals surface area contributed by atoms with Crippen LogP contribution in [0, 0.1) is 0 Å². The smallest absolute Gasteiger partial charge is 0.313 e. The molecular formula is C22H34O8. The molecule has 0 bridgehead atoms. The average Bonchev–Trinajstić information content (AvgIpc) is 2.76. The van der Waals surface area contributed by atoms with E-state index >= 15 is 0 Å². The van der Waals surface area contributed by atoms with Crippen LogP contribution in [-0.4, -0.2) is 78.3 Å². The monoisotopic (exact) mass is 426 g/mol. The maximum atomic E-state index is 11.8. The fourth-order valence-electron chi connectivity index (χ4n) is 2.23. The first-order valence-corrected chi connectivity index (χ1v) is 10.4. The first-order valence-electron chi connectivity index (χ1n) is 10.4. The Balaban J connectivity index is 1.83. The zero-order chi connectivity index (χ0) is 21.7. The summed E-state index contributed by atoms with van der Waals surface area (Å²) >= 11 is 0. The van der Waals surface area contributed by atoms with Crippen LogP contribution in [0.25, 0.3) is 0 Å². The van der Waals surface area contributed by atoms with Gasteiger partial charge in [0.2, 0.25) is 0 Å². The van der Waals surface area contributed by atoms with Gasteiger partial charge in [0.15, 0.2) is 6.29 Å². The summed E-state index contributed by atoms with van der Waals surface area (Å²) in [4.78, 5) is 22.6. The summed E-state index contributed by atoms with van der Waals surface area (Å²) in [6.45, 7) is 7.14. The second-order valence-electron chi connectivity index (χ2n) is 6.30. The standard InChI is InChI=1S/C22H34O8/c1-2-3-9-25-11-13-27-15-17-29-18-16-28-14-12-26-10-8-22(24)30-21-7-5-4-6-20(21)19-23/h4-7,19H,2-3,8-18H2,1H3. The van der Waals surface area contributed by atoms with Gasteiger partial charge in [-0.1, -0.05) is 25.5 Å². The average molecular weight is 427 g/mol. The summed E-state index contributed by atoms with van der Waals surface area (Å²) in [7, 11) is 0. The molecule has 1 rings (SSSR count). The summed E-state index contributed by atoms with van der Waals surface area (Å²) in [5.41, 5.74) is 0.338. The van der Waals surface area contributed by atoms with Crippen LogP contribution in [-0.2, 0) is 28.5 Å². The SMILES string of the molecule is CCCCOCCOCCOCCOCCOCCC(=O)Oc1ccccc1C=O. The van der Waals surface area contributed by atoms with Gasteiger partial charge in [0.25, 0.3) is 0 Å². The third-order valence-electron chi connectivity index (χ3n) is 3.85. The van der Waals surface area contributed by atoms with Crippen molar-refractivity contribution in [3.63, 3.8) is 0 Å². The zero-order valence-electron chi connectivity index (χ0n) is 17.8. The van der Waals surface area contributed by atoms with E-state index in [-0.39, 0.29) is 18.8 Å². The molecule has 0 amide bonds. The van der Waals surface area contributed by atoms with Crippen molar-refractivity contribution < 1.29 is 38.0 Å². The van der Waals surface area contributed by atoms with Crippen LogP contribution in [0.5, 0.6) is 5.75 Å². The summed E-state index contributed by atoms with van der Waals surface area (Å²) in [5, 5.41) is 0. The fourth-order valence-corrected chi connectivity index (χ4v) is 2.23. The van der Waals surface area contributed by atoms with Gasteiger partial charge in [-0.25, -0.2) is 0 Å². The Bertz CT molecular complexity index is 564. The molecule has 0 N–H and O–H groups in total. The fraction of sp³-hybridized carbons (Fsp3) is 0.636. The molecule has 0 aliphatic heterocycles. The molecule has 1 aromatic rings. The van der Waals surface area contributed by atoms with Crippen molar-refractivity contribution in [2.75, 3.05) is 66.1 Å². The van der Waals surface area contributed by atoms with E-state index in [0.717, 1.165) is 19.4 Å². The molecule has 0 saturated carbocycles. The minimum atomic E-state index is -0.451. The van der Waals surface area contributed by atoms with Crippen LogP contribution in [0.1, 0.15) is 36.5 Å². The van der Waals surface area contributed by atoms with Gasteiger partial charge in [-0.3, -0.25) is 9.59 Å². The van der Waals surface area contributed by atoms with Crippen molar-refractivity contribution in [1.29, 1.82) is 0 Å². The van der Waals surface area contributed by atoms with Gasteiger partial charge in [0.05, 0.1) is 71.4 Å². The molecule has 0 atom stereocenters. The summed E-state index contributed by atoms with van der Waals surface area (Å²) < 4.78 is 32.0. The number of hydrogen-bond acceptors (Lipinski definition) is 8. The Morgan fingerprint density at radius 2 is 1.27 bits per heavy atom. The molecule has 1 aromatic carbocycles. The molecular weight excluding hydrogens is 392 g/mol. The van der Waals surface area contributed by atoms with Crippen molar-refractivity contribution >= 4 is 12.3 Å². The Morgan fingerprint density at radius 1 is 0.767 bits per heavy atom. The van der Waals surface area contributed by atoms with Crippen molar-refractivity contribution in [2.24, 2.45) is 0 Å². The number of rotatable bonds is 20. The highest BCUT2D eigenvalue weighted by Crippen LogP contribution is 2.16. The molecule has 0 heterocycles. The first kappa shape index (κ1) is 26.2. The maximum Gasteiger partial charge on any atom is 0.313 e. The highest BCUT2D eigenvalue weighted by atomic mass is 16.6. The molecule has 30 heavy (non-hydrogen) atoms. The summed E-state index contributed by atoms with van der Waals surface area (Å²) in [5.74, 6) is -0.195. The quantitative estimate of drug-likeness (QED) is 0.136.